The summed E-state index contributed by atoms with van der Waals surface area (Å²) >= 11 is 3.23. The van der Waals surface area contributed by atoms with E-state index < -0.39 is 0 Å². The van der Waals surface area contributed by atoms with Crippen molar-refractivity contribution in [1.29, 1.82) is 0 Å². The van der Waals surface area contributed by atoms with Gasteiger partial charge in [-0.3, -0.25) is 4.79 Å². The number of carbonyl (C=O) groups is 1. The van der Waals surface area contributed by atoms with Gasteiger partial charge in [0.25, 0.3) is 0 Å². The molecule has 1 atom stereocenters. The van der Waals surface area contributed by atoms with Crippen molar-refractivity contribution in [3.8, 4) is 5.75 Å². The van der Waals surface area contributed by atoms with Gasteiger partial charge in [-0.25, -0.2) is 0 Å². The van der Waals surface area contributed by atoms with Crippen LogP contribution >= 0.6 is 15.9 Å². The molecule has 1 aromatic rings. The summed E-state index contributed by atoms with van der Waals surface area (Å²) in [6, 6.07) is 8.31. The third kappa shape index (κ3) is 3.03. The first-order valence-electron chi connectivity index (χ1n) is 6.40. The highest BCUT2D eigenvalue weighted by Crippen LogP contribution is 2.30. The predicted molar refractivity (Wildman–Crippen MR) is 80.2 cm³/mol. The van der Waals surface area contributed by atoms with Crippen molar-refractivity contribution in [3.63, 3.8) is 0 Å². The van der Waals surface area contributed by atoms with Crippen LogP contribution in [0.2, 0.25) is 0 Å². The van der Waals surface area contributed by atoms with E-state index in [1.807, 2.05) is 23.1 Å². The molecule has 1 heterocycles. The molecule has 1 aromatic carbocycles. The Kier molecular flexibility index (Phi) is 4.69. The molecule has 5 heteroatoms. The highest BCUT2D eigenvalue weighted by atomic mass is 79.9. The van der Waals surface area contributed by atoms with Gasteiger partial charge in [-0.2, -0.15) is 0 Å². The second-order valence-electron chi connectivity index (χ2n) is 4.69. The third-order valence-corrected chi connectivity index (χ3v) is 3.97. The lowest BCUT2D eigenvalue weighted by Gasteiger charge is -2.41. The first kappa shape index (κ1) is 14.2. The van der Waals surface area contributed by atoms with E-state index in [1.54, 1.807) is 7.11 Å². The maximum atomic E-state index is 11.7. The Labute approximate surface area is 122 Å². The number of nitrogens with zero attached hydrogens (tertiary/aromatic N) is 2. The molecule has 1 aliphatic heterocycles. The van der Waals surface area contributed by atoms with Crippen LogP contribution in [0.5, 0.6) is 5.75 Å². The molecule has 4 nitrogen and oxygen atoms in total. The zero-order valence-corrected chi connectivity index (χ0v) is 12.9. The molecule has 2 rings (SSSR count). The number of methoxy groups -OCH3 is 1. The van der Waals surface area contributed by atoms with Crippen molar-refractivity contribution in [1.82, 2.24) is 4.90 Å². The van der Waals surface area contributed by atoms with E-state index in [1.165, 1.54) is 0 Å². The number of halogens is 1. The third-order valence-electron chi connectivity index (χ3n) is 3.49. The summed E-state index contributed by atoms with van der Waals surface area (Å²) in [6.45, 7) is 4.48. The molecule has 1 aliphatic rings. The molecule has 104 valence electrons. The summed E-state index contributed by atoms with van der Waals surface area (Å²) < 4.78 is 5.41. The van der Waals surface area contributed by atoms with Gasteiger partial charge in [-0.05, 0) is 19.1 Å². The van der Waals surface area contributed by atoms with E-state index >= 15 is 0 Å². The maximum absolute atomic E-state index is 11.7. The number of amides is 1. The largest absolute Gasteiger partial charge is 0.495 e. The van der Waals surface area contributed by atoms with Gasteiger partial charge in [0.2, 0.25) is 5.91 Å². The zero-order chi connectivity index (χ0) is 13.8. The van der Waals surface area contributed by atoms with E-state index in [0.29, 0.717) is 5.33 Å². The fourth-order valence-electron chi connectivity index (χ4n) is 2.49. The first-order valence-corrected chi connectivity index (χ1v) is 7.53. The number of hydrogen-bond donors (Lipinski definition) is 0. The lowest BCUT2D eigenvalue weighted by atomic mass is 10.1. The van der Waals surface area contributed by atoms with E-state index in [0.717, 1.165) is 31.1 Å². The molecule has 0 aliphatic carbocycles. The minimum atomic E-state index is 0.159. The minimum absolute atomic E-state index is 0.159. The average molecular weight is 327 g/mol. The fraction of sp³-hybridized carbons (Fsp3) is 0.500. The number of carbonyl (C=O) groups excluding carboxylic acids is 1. The standard InChI is InChI=1S/C14H19BrN2O2/c1-11-10-16(14(18)9-15)7-8-17(11)12-5-3-4-6-13(12)19-2/h3-6,11H,7-10H2,1-2H3/t11-/m0/s1. The molecule has 0 radical (unpaired) electrons. The summed E-state index contributed by atoms with van der Waals surface area (Å²) in [7, 11) is 1.69. The molecular weight excluding hydrogens is 308 g/mol. The highest BCUT2D eigenvalue weighted by Gasteiger charge is 2.27. The zero-order valence-electron chi connectivity index (χ0n) is 11.3. The van der Waals surface area contributed by atoms with Crippen LogP contribution in [0.25, 0.3) is 0 Å². The van der Waals surface area contributed by atoms with Crippen molar-refractivity contribution in [2.75, 3.05) is 37.0 Å². The van der Waals surface area contributed by atoms with Crippen molar-refractivity contribution >= 4 is 27.5 Å². The molecule has 1 saturated heterocycles. The Hall–Kier alpha value is -1.23. The van der Waals surface area contributed by atoms with E-state index in [-0.39, 0.29) is 11.9 Å². The molecular formula is C14H19BrN2O2. The minimum Gasteiger partial charge on any atom is -0.495 e. The first-order chi connectivity index (χ1) is 9.17. The summed E-state index contributed by atoms with van der Waals surface area (Å²) in [5, 5.41) is 0.397. The van der Waals surface area contributed by atoms with E-state index in [4.69, 9.17) is 4.74 Å². The van der Waals surface area contributed by atoms with Crippen LogP contribution in [-0.4, -0.2) is 48.9 Å². The van der Waals surface area contributed by atoms with Crippen LogP contribution in [0.4, 0.5) is 5.69 Å². The summed E-state index contributed by atoms with van der Waals surface area (Å²) in [4.78, 5) is 15.9. The quantitative estimate of drug-likeness (QED) is 0.798. The van der Waals surface area contributed by atoms with E-state index in [9.17, 15) is 4.79 Å². The Morgan fingerprint density at radius 3 is 2.79 bits per heavy atom. The molecule has 19 heavy (non-hydrogen) atoms. The summed E-state index contributed by atoms with van der Waals surface area (Å²) in [5.74, 6) is 1.04. The van der Waals surface area contributed by atoms with Crippen molar-refractivity contribution in [2.45, 2.75) is 13.0 Å². The topological polar surface area (TPSA) is 32.8 Å². The predicted octanol–water partition coefficient (Wildman–Crippen LogP) is 2.13. The lowest BCUT2D eigenvalue weighted by Crippen LogP contribution is -2.54. The number of hydrogen-bond acceptors (Lipinski definition) is 3. The Morgan fingerprint density at radius 2 is 2.16 bits per heavy atom. The average Bonchev–Trinajstić information content (AvgIpc) is 2.46. The molecule has 1 fully saturated rings. The van der Waals surface area contributed by atoms with Gasteiger partial charge in [-0.15, -0.1) is 0 Å². The van der Waals surface area contributed by atoms with Gasteiger partial charge in [0.05, 0.1) is 18.1 Å². The Bertz CT molecular complexity index is 453. The van der Waals surface area contributed by atoms with Gasteiger partial charge in [0, 0.05) is 25.7 Å². The van der Waals surface area contributed by atoms with Crippen LogP contribution in [-0.2, 0) is 4.79 Å². The van der Waals surface area contributed by atoms with Crippen LogP contribution < -0.4 is 9.64 Å². The number of rotatable bonds is 3. The number of para-hydroxylation sites is 2. The van der Waals surface area contributed by atoms with Crippen LogP contribution in [0.1, 0.15) is 6.92 Å². The monoisotopic (exact) mass is 326 g/mol. The van der Waals surface area contributed by atoms with Gasteiger partial charge in [0.1, 0.15) is 5.75 Å². The number of anilines is 1. The maximum Gasteiger partial charge on any atom is 0.233 e. The fourth-order valence-corrected chi connectivity index (χ4v) is 2.85. The second kappa shape index (κ2) is 6.28. The molecule has 0 bridgehead atoms. The number of benzene rings is 1. The molecule has 0 aromatic heterocycles. The van der Waals surface area contributed by atoms with E-state index in [2.05, 4.69) is 33.8 Å². The van der Waals surface area contributed by atoms with Crippen molar-refractivity contribution < 1.29 is 9.53 Å². The smallest absolute Gasteiger partial charge is 0.233 e. The van der Waals surface area contributed by atoms with Crippen LogP contribution in [0.3, 0.4) is 0 Å². The van der Waals surface area contributed by atoms with Gasteiger partial charge in [-0.1, -0.05) is 28.1 Å². The number of piperazine rings is 1. The highest BCUT2D eigenvalue weighted by molar-refractivity contribution is 9.09. The summed E-state index contributed by atoms with van der Waals surface area (Å²) in [5.41, 5.74) is 1.10. The van der Waals surface area contributed by atoms with Gasteiger partial charge in [0.15, 0.2) is 0 Å². The molecule has 1 amide bonds. The molecule has 0 N–H and O–H groups in total. The normalized spacial score (nSPS) is 19.4. The van der Waals surface area contributed by atoms with Gasteiger partial charge < -0.3 is 14.5 Å². The van der Waals surface area contributed by atoms with Crippen LogP contribution in [0, 0.1) is 0 Å². The Morgan fingerprint density at radius 1 is 1.42 bits per heavy atom. The molecule has 0 unspecified atom stereocenters. The van der Waals surface area contributed by atoms with Crippen molar-refractivity contribution in [3.05, 3.63) is 24.3 Å². The molecule has 0 saturated carbocycles. The molecule has 0 spiro atoms. The van der Waals surface area contributed by atoms with Gasteiger partial charge >= 0.3 is 0 Å². The van der Waals surface area contributed by atoms with Crippen LogP contribution in [0.15, 0.2) is 24.3 Å². The second-order valence-corrected chi connectivity index (χ2v) is 5.25. The van der Waals surface area contributed by atoms with Crippen molar-refractivity contribution in [2.24, 2.45) is 0 Å². The summed E-state index contributed by atoms with van der Waals surface area (Å²) in [6.07, 6.45) is 0. The number of alkyl halides is 1. The lowest BCUT2D eigenvalue weighted by molar-refractivity contribution is -0.129. The SMILES string of the molecule is COc1ccccc1N1CCN(C(=O)CBr)C[C@@H]1C. The Balaban J connectivity index is 2.13. The number of ether oxygens (including phenoxy) is 1.